The van der Waals surface area contributed by atoms with Crippen molar-refractivity contribution < 1.29 is 4.79 Å². The minimum absolute atomic E-state index is 0.0648. The van der Waals surface area contributed by atoms with Gasteiger partial charge >= 0.3 is 0 Å². The molecule has 1 fully saturated rings. The number of amides is 1. The summed E-state index contributed by atoms with van der Waals surface area (Å²) in [6.45, 7) is 4.41. The van der Waals surface area contributed by atoms with Crippen LogP contribution in [0.15, 0.2) is 24.7 Å². The van der Waals surface area contributed by atoms with E-state index < -0.39 is 5.54 Å². The minimum atomic E-state index is -0.563. The van der Waals surface area contributed by atoms with Gasteiger partial charge in [-0.2, -0.15) is 5.10 Å². The molecule has 0 spiro atoms. The first-order chi connectivity index (χ1) is 11.2. The van der Waals surface area contributed by atoms with E-state index in [2.05, 4.69) is 27.6 Å². The van der Waals surface area contributed by atoms with Gasteiger partial charge < -0.3 is 10.6 Å². The molecule has 0 saturated carbocycles. The lowest BCUT2D eigenvalue weighted by Crippen LogP contribution is -2.54. The molecule has 1 aliphatic heterocycles. The molecular formula is C16H23N5OS. The van der Waals surface area contributed by atoms with E-state index in [9.17, 15) is 4.79 Å². The van der Waals surface area contributed by atoms with Crippen LogP contribution < -0.4 is 10.6 Å². The molecule has 2 aromatic heterocycles. The van der Waals surface area contributed by atoms with Crippen LogP contribution in [0.25, 0.3) is 0 Å². The predicted octanol–water partition coefficient (Wildman–Crippen LogP) is 1.34. The number of aromatic nitrogens is 3. The molecule has 3 heterocycles. The SMILES string of the molecule is CCc1cnc(CCNC(=O)C2(n3cccn3)CCNCC2)s1. The molecule has 0 unspecified atom stereocenters. The molecule has 0 aliphatic carbocycles. The van der Waals surface area contributed by atoms with Crippen molar-refractivity contribution in [2.75, 3.05) is 19.6 Å². The first kappa shape index (κ1) is 16.1. The highest BCUT2D eigenvalue weighted by atomic mass is 32.1. The summed E-state index contributed by atoms with van der Waals surface area (Å²) >= 11 is 1.73. The van der Waals surface area contributed by atoms with Gasteiger partial charge in [0, 0.05) is 36.4 Å². The number of nitrogens with one attached hydrogen (secondary N) is 2. The summed E-state index contributed by atoms with van der Waals surface area (Å²) in [5.74, 6) is 0.0648. The Labute approximate surface area is 140 Å². The zero-order valence-electron chi connectivity index (χ0n) is 13.4. The number of nitrogens with zero attached hydrogens (tertiary/aromatic N) is 3. The van der Waals surface area contributed by atoms with Gasteiger partial charge in [0.2, 0.25) is 5.91 Å². The largest absolute Gasteiger partial charge is 0.354 e. The van der Waals surface area contributed by atoms with Gasteiger partial charge in [0.25, 0.3) is 0 Å². The van der Waals surface area contributed by atoms with Crippen molar-refractivity contribution in [1.29, 1.82) is 0 Å². The van der Waals surface area contributed by atoms with Crippen LogP contribution in [0.2, 0.25) is 0 Å². The molecule has 3 rings (SSSR count). The van der Waals surface area contributed by atoms with Crippen molar-refractivity contribution >= 4 is 17.2 Å². The molecule has 0 aromatic carbocycles. The first-order valence-corrected chi connectivity index (χ1v) is 8.99. The Morgan fingerprint density at radius 2 is 2.30 bits per heavy atom. The maximum Gasteiger partial charge on any atom is 0.248 e. The normalized spacial score (nSPS) is 17.1. The number of aryl methyl sites for hydroxylation is 1. The summed E-state index contributed by atoms with van der Waals surface area (Å²) in [6, 6.07) is 1.87. The van der Waals surface area contributed by atoms with E-state index in [0.29, 0.717) is 6.54 Å². The quantitative estimate of drug-likeness (QED) is 0.837. The van der Waals surface area contributed by atoms with Crippen molar-refractivity contribution in [3.05, 3.63) is 34.5 Å². The van der Waals surface area contributed by atoms with Gasteiger partial charge in [-0.1, -0.05) is 6.92 Å². The molecule has 1 saturated heterocycles. The molecule has 0 bridgehead atoms. The first-order valence-electron chi connectivity index (χ1n) is 8.17. The van der Waals surface area contributed by atoms with Gasteiger partial charge in [-0.15, -0.1) is 11.3 Å². The van der Waals surface area contributed by atoms with Gasteiger partial charge in [0.15, 0.2) is 0 Å². The molecule has 23 heavy (non-hydrogen) atoms. The van der Waals surface area contributed by atoms with Crippen molar-refractivity contribution in [2.45, 2.75) is 38.1 Å². The van der Waals surface area contributed by atoms with Crippen LogP contribution in [0.4, 0.5) is 0 Å². The minimum Gasteiger partial charge on any atom is -0.354 e. The smallest absolute Gasteiger partial charge is 0.248 e. The van der Waals surface area contributed by atoms with Crippen LogP contribution >= 0.6 is 11.3 Å². The fraction of sp³-hybridized carbons (Fsp3) is 0.562. The Morgan fingerprint density at radius 1 is 1.48 bits per heavy atom. The summed E-state index contributed by atoms with van der Waals surface area (Å²) in [4.78, 5) is 18.5. The lowest BCUT2D eigenvalue weighted by atomic mass is 9.87. The number of hydrogen-bond acceptors (Lipinski definition) is 5. The van der Waals surface area contributed by atoms with Crippen LogP contribution in [0, 0.1) is 0 Å². The number of hydrogen-bond donors (Lipinski definition) is 2. The molecular weight excluding hydrogens is 310 g/mol. The Bertz CT molecular complexity index is 631. The third kappa shape index (κ3) is 3.45. The van der Waals surface area contributed by atoms with Crippen molar-refractivity contribution in [3.8, 4) is 0 Å². The summed E-state index contributed by atoms with van der Waals surface area (Å²) in [7, 11) is 0. The lowest BCUT2D eigenvalue weighted by molar-refractivity contribution is -0.131. The van der Waals surface area contributed by atoms with Crippen LogP contribution in [0.5, 0.6) is 0 Å². The standard InChI is InChI=1S/C16H23N5OS/c1-2-13-12-19-14(23-13)4-8-18-15(22)16(5-9-17-10-6-16)21-11-3-7-20-21/h3,7,11-12,17H,2,4-6,8-10H2,1H3,(H,18,22). The Kier molecular flexibility index (Phi) is 5.07. The average Bonchev–Trinajstić information content (AvgIpc) is 3.27. The summed E-state index contributed by atoms with van der Waals surface area (Å²) in [6.07, 6.45) is 8.87. The Balaban J connectivity index is 1.62. The maximum atomic E-state index is 12.9. The van der Waals surface area contributed by atoms with Crippen molar-refractivity contribution in [3.63, 3.8) is 0 Å². The van der Waals surface area contributed by atoms with E-state index in [0.717, 1.165) is 43.8 Å². The average molecular weight is 333 g/mol. The van der Waals surface area contributed by atoms with E-state index in [-0.39, 0.29) is 5.91 Å². The van der Waals surface area contributed by atoms with Crippen LogP contribution in [-0.4, -0.2) is 40.3 Å². The molecule has 6 nitrogen and oxygen atoms in total. The monoisotopic (exact) mass is 333 g/mol. The van der Waals surface area contributed by atoms with E-state index in [1.54, 1.807) is 17.5 Å². The van der Waals surface area contributed by atoms with Gasteiger partial charge in [0.1, 0.15) is 5.54 Å². The van der Waals surface area contributed by atoms with E-state index in [1.807, 2.05) is 23.1 Å². The summed E-state index contributed by atoms with van der Waals surface area (Å²) in [5, 5.41) is 11.8. The molecule has 1 aliphatic rings. The fourth-order valence-corrected chi connectivity index (χ4v) is 3.86. The van der Waals surface area contributed by atoms with E-state index in [1.165, 1.54) is 4.88 Å². The highest BCUT2D eigenvalue weighted by Gasteiger charge is 2.41. The van der Waals surface area contributed by atoms with Crippen molar-refractivity contribution in [2.24, 2.45) is 0 Å². The maximum absolute atomic E-state index is 12.9. The fourth-order valence-electron chi connectivity index (χ4n) is 3.00. The molecule has 2 aromatic rings. The Morgan fingerprint density at radius 3 is 2.96 bits per heavy atom. The third-order valence-corrected chi connectivity index (χ3v) is 5.57. The van der Waals surface area contributed by atoms with E-state index >= 15 is 0 Å². The molecule has 0 atom stereocenters. The number of thiazole rings is 1. The molecule has 7 heteroatoms. The third-order valence-electron chi connectivity index (χ3n) is 4.37. The summed E-state index contributed by atoms with van der Waals surface area (Å²) in [5.41, 5.74) is -0.563. The van der Waals surface area contributed by atoms with Crippen LogP contribution in [-0.2, 0) is 23.2 Å². The van der Waals surface area contributed by atoms with Crippen molar-refractivity contribution in [1.82, 2.24) is 25.4 Å². The van der Waals surface area contributed by atoms with Gasteiger partial charge in [-0.3, -0.25) is 9.48 Å². The zero-order valence-corrected chi connectivity index (χ0v) is 14.2. The number of carbonyl (C=O) groups excluding carboxylic acids is 1. The molecule has 0 radical (unpaired) electrons. The molecule has 2 N–H and O–H groups in total. The van der Waals surface area contributed by atoms with Gasteiger partial charge in [0.05, 0.1) is 5.01 Å². The van der Waals surface area contributed by atoms with Crippen LogP contribution in [0.1, 0.15) is 29.7 Å². The van der Waals surface area contributed by atoms with Crippen LogP contribution in [0.3, 0.4) is 0 Å². The van der Waals surface area contributed by atoms with Gasteiger partial charge in [-0.25, -0.2) is 4.98 Å². The second kappa shape index (κ2) is 7.23. The second-order valence-corrected chi connectivity index (χ2v) is 7.01. The molecule has 1 amide bonds. The zero-order chi connectivity index (χ0) is 16.1. The lowest BCUT2D eigenvalue weighted by Gasteiger charge is -2.36. The summed E-state index contributed by atoms with van der Waals surface area (Å²) < 4.78 is 1.82. The highest BCUT2D eigenvalue weighted by Crippen LogP contribution is 2.27. The Hall–Kier alpha value is -1.73. The number of carbonyl (C=O) groups is 1. The number of rotatable bonds is 6. The topological polar surface area (TPSA) is 71.8 Å². The predicted molar refractivity (Wildman–Crippen MR) is 90.5 cm³/mol. The van der Waals surface area contributed by atoms with E-state index in [4.69, 9.17) is 0 Å². The second-order valence-electron chi connectivity index (χ2n) is 5.81. The highest BCUT2D eigenvalue weighted by molar-refractivity contribution is 7.11. The number of piperidine rings is 1. The molecule has 124 valence electrons. The van der Waals surface area contributed by atoms with Gasteiger partial charge in [-0.05, 0) is 38.4 Å².